The Morgan fingerprint density at radius 3 is 2.32 bits per heavy atom. The van der Waals surface area contributed by atoms with E-state index in [9.17, 15) is 0 Å². The van der Waals surface area contributed by atoms with Crippen molar-refractivity contribution in [2.75, 3.05) is 25.0 Å². The molecule has 0 spiro atoms. The van der Waals surface area contributed by atoms with Crippen LogP contribution in [0, 0.1) is 0 Å². The summed E-state index contributed by atoms with van der Waals surface area (Å²) in [5.41, 5.74) is 2.28. The fraction of sp³-hybridized carbons (Fsp3) is 0.316. The highest BCUT2D eigenvalue weighted by molar-refractivity contribution is 5.38. The van der Waals surface area contributed by atoms with Gasteiger partial charge in [-0.1, -0.05) is 53.6 Å². The van der Waals surface area contributed by atoms with E-state index in [4.69, 9.17) is 0 Å². The first-order valence-electron chi connectivity index (χ1n) is 8.78. The number of benzene rings is 2. The summed E-state index contributed by atoms with van der Waals surface area (Å²) >= 11 is 0. The number of likely N-dealkylation sites (tertiary alicyclic amines) is 1. The highest BCUT2D eigenvalue weighted by Gasteiger charge is 2.23. The molecule has 1 aliphatic heterocycles. The smallest absolute Gasteiger partial charge is 0.247 e. The standard InChI is InChI=1S/C19H22N6/c1-3-9-16(10-4-1)18(24-13-7-8-14-24)15-20-19-21-22-23-25(19)17-11-5-2-6-12-17/h1-6,9-12,18H,7-8,13-15H2,(H,20,21,23). The molecule has 3 aromatic rings. The number of rotatable bonds is 6. The quantitative estimate of drug-likeness (QED) is 0.751. The second-order valence-electron chi connectivity index (χ2n) is 6.30. The Hall–Kier alpha value is -2.73. The number of aromatic nitrogens is 4. The summed E-state index contributed by atoms with van der Waals surface area (Å²) in [6, 6.07) is 20.9. The van der Waals surface area contributed by atoms with Gasteiger partial charge in [0.1, 0.15) is 0 Å². The summed E-state index contributed by atoms with van der Waals surface area (Å²) in [7, 11) is 0. The molecule has 1 fully saturated rings. The minimum atomic E-state index is 0.324. The van der Waals surface area contributed by atoms with E-state index in [2.05, 4.69) is 56.1 Å². The van der Waals surface area contributed by atoms with Gasteiger partial charge in [0.2, 0.25) is 5.95 Å². The Bertz CT molecular complexity index is 780. The van der Waals surface area contributed by atoms with Gasteiger partial charge in [-0.25, -0.2) is 0 Å². The largest absolute Gasteiger partial charge is 0.351 e. The average molecular weight is 334 g/mol. The monoisotopic (exact) mass is 334 g/mol. The molecule has 1 saturated heterocycles. The number of hydrogen-bond acceptors (Lipinski definition) is 5. The van der Waals surface area contributed by atoms with E-state index in [0.29, 0.717) is 12.0 Å². The van der Waals surface area contributed by atoms with Crippen LogP contribution in [0.25, 0.3) is 5.69 Å². The Labute approximate surface area is 147 Å². The van der Waals surface area contributed by atoms with Crippen molar-refractivity contribution in [1.82, 2.24) is 25.1 Å². The molecule has 2 heterocycles. The molecule has 2 aromatic carbocycles. The van der Waals surface area contributed by atoms with Gasteiger partial charge in [-0.2, -0.15) is 4.68 Å². The lowest BCUT2D eigenvalue weighted by Crippen LogP contribution is -2.31. The van der Waals surface area contributed by atoms with E-state index in [1.165, 1.54) is 18.4 Å². The van der Waals surface area contributed by atoms with Crippen molar-refractivity contribution in [3.8, 4) is 5.69 Å². The lowest BCUT2D eigenvalue weighted by molar-refractivity contribution is 0.255. The minimum Gasteiger partial charge on any atom is -0.351 e. The molecule has 0 radical (unpaired) electrons. The maximum absolute atomic E-state index is 4.16. The first-order chi connectivity index (χ1) is 12.4. The molecule has 0 aliphatic carbocycles. The van der Waals surface area contributed by atoms with Crippen molar-refractivity contribution in [3.05, 3.63) is 66.2 Å². The molecular formula is C19H22N6. The van der Waals surface area contributed by atoms with E-state index < -0.39 is 0 Å². The highest BCUT2D eigenvalue weighted by atomic mass is 15.6. The fourth-order valence-corrected chi connectivity index (χ4v) is 3.41. The lowest BCUT2D eigenvalue weighted by Gasteiger charge is -2.28. The second-order valence-corrected chi connectivity index (χ2v) is 6.30. The van der Waals surface area contributed by atoms with E-state index in [0.717, 1.165) is 25.3 Å². The van der Waals surface area contributed by atoms with Crippen LogP contribution in [0.5, 0.6) is 0 Å². The maximum Gasteiger partial charge on any atom is 0.247 e. The van der Waals surface area contributed by atoms with Gasteiger partial charge in [0.15, 0.2) is 0 Å². The first kappa shape index (κ1) is 15.8. The van der Waals surface area contributed by atoms with Gasteiger partial charge < -0.3 is 5.32 Å². The van der Waals surface area contributed by atoms with Gasteiger partial charge in [0, 0.05) is 6.54 Å². The number of para-hydroxylation sites is 1. The van der Waals surface area contributed by atoms with Crippen LogP contribution in [0.3, 0.4) is 0 Å². The zero-order valence-electron chi connectivity index (χ0n) is 14.1. The molecular weight excluding hydrogens is 312 g/mol. The summed E-state index contributed by atoms with van der Waals surface area (Å²) in [6.07, 6.45) is 2.54. The zero-order valence-corrected chi connectivity index (χ0v) is 14.1. The van der Waals surface area contributed by atoms with Crippen molar-refractivity contribution in [3.63, 3.8) is 0 Å². The van der Waals surface area contributed by atoms with Crippen LogP contribution >= 0.6 is 0 Å². The first-order valence-corrected chi connectivity index (χ1v) is 8.78. The molecule has 1 N–H and O–H groups in total. The summed E-state index contributed by atoms with van der Waals surface area (Å²) in [6.45, 7) is 3.06. The van der Waals surface area contributed by atoms with E-state index in [1.54, 1.807) is 4.68 Å². The molecule has 1 aromatic heterocycles. The topological polar surface area (TPSA) is 58.9 Å². The Kier molecular flexibility index (Phi) is 4.70. The molecule has 25 heavy (non-hydrogen) atoms. The van der Waals surface area contributed by atoms with Crippen LogP contribution in [0.1, 0.15) is 24.4 Å². The predicted molar refractivity (Wildman–Crippen MR) is 97.6 cm³/mol. The van der Waals surface area contributed by atoms with Gasteiger partial charge in [-0.15, -0.1) is 0 Å². The van der Waals surface area contributed by atoms with Crippen molar-refractivity contribution >= 4 is 5.95 Å². The highest BCUT2D eigenvalue weighted by Crippen LogP contribution is 2.25. The second kappa shape index (κ2) is 7.44. The third-order valence-corrected chi connectivity index (χ3v) is 4.69. The van der Waals surface area contributed by atoms with Crippen molar-refractivity contribution in [2.24, 2.45) is 0 Å². The molecule has 0 amide bonds. The molecule has 128 valence electrons. The van der Waals surface area contributed by atoms with Crippen molar-refractivity contribution in [1.29, 1.82) is 0 Å². The third kappa shape index (κ3) is 3.53. The van der Waals surface area contributed by atoms with Gasteiger partial charge in [0.05, 0.1) is 11.7 Å². The lowest BCUT2D eigenvalue weighted by atomic mass is 10.1. The predicted octanol–water partition coefficient (Wildman–Crippen LogP) is 2.91. The van der Waals surface area contributed by atoms with Gasteiger partial charge in [-0.05, 0) is 54.1 Å². The Morgan fingerprint density at radius 1 is 0.920 bits per heavy atom. The van der Waals surface area contributed by atoms with Crippen molar-refractivity contribution in [2.45, 2.75) is 18.9 Å². The molecule has 6 nitrogen and oxygen atoms in total. The van der Waals surface area contributed by atoms with E-state index in [1.807, 2.05) is 30.3 Å². The van der Waals surface area contributed by atoms with Crippen LogP contribution in [0.2, 0.25) is 0 Å². The van der Waals surface area contributed by atoms with E-state index in [-0.39, 0.29) is 0 Å². The average Bonchev–Trinajstić information content (AvgIpc) is 3.36. The van der Waals surface area contributed by atoms with Crippen LogP contribution in [0.15, 0.2) is 60.7 Å². The summed E-state index contributed by atoms with van der Waals surface area (Å²) in [5, 5.41) is 15.6. The van der Waals surface area contributed by atoms with Crippen molar-refractivity contribution < 1.29 is 0 Å². The number of hydrogen-bond donors (Lipinski definition) is 1. The number of nitrogens with zero attached hydrogens (tertiary/aromatic N) is 5. The molecule has 1 unspecified atom stereocenters. The van der Waals surface area contributed by atoms with Crippen LogP contribution < -0.4 is 5.32 Å². The van der Waals surface area contributed by atoms with Crippen LogP contribution in [-0.2, 0) is 0 Å². The summed E-state index contributed by atoms with van der Waals surface area (Å²) < 4.78 is 1.74. The van der Waals surface area contributed by atoms with Crippen LogP contribution in [0.4, 0.5) is 5.95 Å². The Balaban J connectivity index is 1.53. The number of anilines is 1. The Morgan fingerprint density at radius 2 is 1.60 bits per heavy atom. The normalized spacial score (nSPS) is 16.0. The number of nitrogens with one attached hydrogen (secondary N) is 1. The molecule has 1 aliphatic rings. The van der Waals surface area contributed by atoms with Gasteiger partial charge in [0.25, 0.3) is 0 Å². The molecule has 1 atom stereocenters. The number of tetrazole rings is 1. The molecule has 0 saturated carbocycles. The van der Waals surface area contributed by atoms with Crippen LogP contribution in [-0.4, -0.2) is 44.7 Å². The zero-order chi connectivity index (χ0) is 16.9. The summed E-state index contributed by atoms with van der Waals surface area (Å²) in [4.78, 5) is 2.54. The summed E-state index contributed by atoms with van der Waals surface area (Å²) in [5.74, 6) is 0.673. The minimum absolute atomic E-state index is 0.324. The van der Waals surface area contributed by atoms with E-state index >= 15 is 0 Å². The molecule has 6 heteroatoms. The van der Waals surface area contributed by atoms with Gasteiger partial charge in [-0.3, -0.25) is 4.90 Å². The molecule has 4 rings (SSSR count). The third-order valence-electron chi connectivity index (χ3n) is 4.69. The fourth-order valence-electron chi connectivity index (χ4n) is 3.41. The SMILES string of the molecule is c1ccc(C(CNc2nnnn2-c2ccccc2)N2CCCC2)cc1. The maximum atomic E-state index is 4.16. The van der Waals surface area contributed by atoms with Gasteiger partial charge >= 0.3 is 0 Å². The molecule has 0 bridgehead atoms.